The molecule has 1 amide bonds. The van der Waals surface area contributed by atoms with Crippen LogP contribution in [0.15, 0.2) is 0 Å². The van der Waals surface area contributed by atoms with Gasteiger partial charge in [0, 0.05) is 6.54 Å². The van der Waals surface area contributed by atoms with Gasteiger partial charge >= 0.3 is 5.97 Å². The maximum atomic E-state index is 10.4. The quantitative estimate of drug-likeness (QED) is 0.221. The van der Waals surface area contributed by atoms with E-state index in [2.05, 4.69) is 15.6 Å². The molecule has 0 aliphatic rings. The molecule has 5 nitrogen and oxygen atoms in total. The topological polar surface area (TPSA) is 67.4 Å². The fourth-order valence-corrected chi connectivity index (χ4v) is 0.380. The van der Waals surface area contributed by atoms with E-state index in [0.717, 1.165) is 0 Å². The van der Waals surface area contributed by atoms with Crippen LogP contribution in [-0.2, 0) is 14.3 Å². The van der Waals surface area contributed by atoms with Crippen molar-refractivity contribution in [2.45, 2.75) is 6.42 Å². The lowest BCUT2D eigenvalue weighted by atomic mass is 10.4. The smallest absolute Gasteiger partial charge is 0.306 e. The number of ether oxygens (including phenoxy) is 1. The van der Waals surface area contributed by atoms with Crippen LogP contribution in [0.3, 0.4) is 0 Å². The minimum absolute atomic E-state index is 0.247. The van der Waals surface area contributed by atoms with E-state index in [9.17, 15) is 9.59 Å². The van der Waals surface area contributed by atoms with Crippen molar-refractivity contribution in [2.24, 2.45) is 0 Å². The van der Waals surface area contributed by atoms with Gasteiger partial charge in [-0.2, -0.15) is 0 Å². The Morgan fingerprint density at radius 3 is 2.90 bits per heavy atom. The molecule has 0 aromatic carbocycles. The summed E-state index contributed by atoms with van der Waals surface area (Å²) in [5.74, 6) is -0.305. The third-order valence-corrected chi connectivity index (χ3v) is 0.843. The first kappa shape index (κ1) is 8.90. The van der Waals surface area contributed by atoms with Gasteiger partial charge < -0.3 is 4.74 Å². The zero-order valence-electron chi connectivity index (χ0n) is 5.72. The highest BCUT2D eigenvalue weighted by atomic mass is 16.5. The van der Waals surface area contributed by atoms with E-state index in [1.165, 1.54) is 7.11 Å². The van der Waals surface area contributed by atoms with Crippen LogP contribution in [0, 0.1) is 0 Å². The summed E-state index contributed by atoms with van der Waals surface area (Å²) in [6.07, 6.45) is 0.745. The van der Waals surface area contributed by atoms with Crippen molar-refractivity contribution < 1.29 is 14.3 Å². The number of carbonyl (C=O) groups excluding carboxylic acids is 2. The summed E-state index contributed by atoms with van der Waals surface area (Å²) in [6, 6.07) is 0. The second-order valence-electron chi connectivity index (χ2n) is 1.52. The second-order valence-corrected chi connectivity index (χ2v) is 1.52. The Hall–Kier alpha value is -1.10. The number of methoxy groups -OCH3 is 1. The molecule has 0 aromatic heterocycles. The van der Waals surface area contributed by atoms with E-state index < -0.39 is 0 Å². The van der Waals surface area contributed by atoms with Gasteiger partial charge in [0.25, 0.3) is 0 Å². The highest BCUT2D eigenvalue weighted by Gasteiger charge is 1.96. The van der Waals surface area contributed by atoms with Gasteiger partial charge in [-0.15, -0.1) is 0 Å². The van der Waals surface area contributed by atoms with Crippen LogP contribution in [0.5, 0.6) is 0 Å². The van der Waals surface area contributed by atoms with Gasteiger partial charge in [0.05, 0.1) is 13.5 Å². The van der Waals surface area contributed by atoms with Crippen LogP contribution in [0.2, 0.25) is 0 Å². The van der Waals surface area contributed by atoms with Gasteiger partial charge in [0.15, 0.2) is 0 Å². The summed E-state index contributed by atoms with van der Waals surface area (Å²) in [4.78, 5) is 20.0. The standard InChI is InChI=1S/C5H10N2O3/c1-10-5(9)2-3-6-7-4-8/h4,6H,2-3H2,1H3,(H,7,8). The Bertz CT molecular complexity index is 115. The van der Waals surface area contributed by atoms with Crippen LogP contribution >= 0.6 is 0 Å². The molecule has 0 saturated carbocycles. The zero-order chi connectivity index (χ0) is 7.82. The van der Waals surface area contributed by atoms with Gasteiger partial charge in [-0.3, -0.25) is 15.0 Å². The molecule has 0 spiro atoms. The van der Waals surface area contributed by atoms with Gasteiger partial charge in [0.2, 0.25) is 6.41 Å². The number of hydrogen-bond acceptors (Lipinski definition) is 4. The SMILES string of the molecule is COC(=O)CCNNC=O. The van der Waals surface area contributed by atoms with Gasteiger partial charge in [0.1, 0.15) is 0 Å². The summed E-state index contributed by atoms with van der Waals surface area (Å²) in [6.45, 7) is 0.380. The van der Waals surface area contributed by atoms with Crippen molar-refractivity contribution >= 4 is 12.4 Å². The second kappa shape index (κ2) is 6.03. The summed E-state index contributed by atoms with van der Waals surface area (Å²) < 4.78 is 4.34. The number of hydrogen-bond donors (Lipinski definition) is 2. The number of hydrazine groups is 1. The van der Waals surface area contributed by atoms with Crippen LogP contribution < -0.4 is 10.9 Å². The summed E-state index contributed by atoms with van der Waals surface area (Å²) in [5.41, 5.74) is 4.67. The molecule has 10 heavy (non-hydrogen) atoms. The van der Waals surface area contributed by atoms with Crippen molar-refractivity contribution in [1.29, 1.82) is 0 Å². The number of rotatable bonds is 5. The van der Waals surface area contributed by atoms with Crippen LogP contribution in [-0.4, -0.2) is 26.0 Å². The van der Waals surface area contributed by atoms with Crippen LogP contribution in [0.1, 0.15) is 6.42 Å². The van der Waals surface area contributed by atoms with E-state index in [-0.39, 0.29) is 12.4 Å². The Kier molecular flexibility index (Phi) is 5.36. The third-order valence-electron chi connectivity index (χ3n) is 0.843. The molecule has 0 heterocycles. The molecular weight excluding hydrogens is 136 g/mol. The minimum Gasteiger partial charge on any atom is -0.469 e. The van der Waals surface area contributed by atoms with Crippen molar-refractivity contribution in [2.75, 3.05) is 13.7 Å². The fraction of sp³-hybridized carbons (Fsp3) is 0.600. The van der Waals surface area contributed by atoms with E-state index in [0.29, 0.717) is 13.0 Å². The molecular formula is C5H10N2O3. The zero-order valence-corrected chi connectivity index (χ0v) is 5.72. The normalized spacial score (nSPS) is 8.50. The predicted octanol–water partition coefficient (Wildman–Crippen LogP) is -1.20. The Morgan fingerprint density at radius 1 is 1.70 bits per heavy atom. The molecule has 5 heteroatoms. The maximum Gasteiger partial charge on any atom is 0.306 e. The first-order valence-corrected chi connectivity index (χ1v) is 2.80. The Morgan fingerprint density at radius 2 is 2.40 bits per heavy atom. The first-order valence-electron chi connectivity index (χ1n) is 2.80. The fourth-order valence-electron chi connectivity index (χ4n) is 0.380. The number of carbonyl (C=O) groups is 2. The molecule has 0 bridgehead atoms. The highest BCUT2D eigenvalue weighted by Crippen LogP contribution is 1.78. The molecule has 0 aliphatic heterocycles. The third kappa shape index (κ3) is 5.04. The molecule has 0 unspecified atom stereocenters. The van der Waals surface area contributed by atoms with E-state index in [4.69, 9.17) is 0 Å². The summed E-state index contributed by atoms with van der Waals surface area (Å²) in [5, 5.41) is 0. The maximum absolute atomic E-state index is 10.4. The van der Waals surface area contributed by atoms with Gasteiger partial charge in [-0.1, -0.05) is 0 Å². The molecule has 0 rings (SSSR count). The highest BCUT2D eigenvalue weighted by molar-refractivity contribution is 5.69. The summed E-state index contributed by atoms with van der Waals surface area (Å²) in [7, 11) is 1.31. The molecule has 0 atom stereocenters. The Balaban J connectivity index is 3.03. The average molecular weight is 146 g/mol. The minimum atomic E-state index is -0.305. The molecule has 0 aliphatic carbocycles. The van der Waals surface area contributed by atoms with Crippen molar-refractivity contribution in [3.05, 3.63) is 0 Å². The molecule has 0 fully saturated rings. The molecule has 2 N–H and O–H groups in total. The van der Waals surface area contributed by atoms with Crippen molar-refractivity contribution in [3.63, 3.8) is 0 Å². The number of amides is 1. The van der Waals surface area contributed by atoms with Gasteiger partial charge in [-0.05, 0) is 0 Å². The van der Waals surface area contributed by atoms with E-state index in [1.807, 2.05) is 0 Å². The first-order chi connectivity index (χ1) is 4.81. The molecule has 58 valence electrons. The lowest BCUT2D eigenvalue weighted by molar-refractivity contribution is -0.140. The number of esters is 1. The lowest BCUT2D eigenvalue weighted by Gasteiger charge is -1.99. The van der Waals surface area contributed by atoms with Gasteiger partial charge in [-0.25, -0.2) is 5.43 Å². The molecule has 0 radical (unpaired) electrons. The number of nitrogens with one attached hydrogen (secondary N) is 2. The largest absolute Gasteiger partial charge is 0.469 e. The monoisotopic (exact) mass is 146 g/mol. The predicted molar refractivity (Wildman–Crippen MR) is 33.8 cm³/mol. The molecule has 0 saturated heterocycles. The molecule has 0 aromatic rings. The average Bonchev–Trinajstić information content (AvgIpc) is 1.98. The lowest BCUT2D eigenvalue weighted by Crippen LogP contribution is -2.32. The summed E-state index contributed by atoms with van der Waals surface area (Å²) >= 11 is 0. The van der Waals surface area contributed by atoms with Crippen molar-refractivity contribution in [3.8, 4) is 0 Å². The van der Waals surface area contributed by atoms with Crippen LogP contribution in [0.25, 0.3) is 0 Å². The van der Waals surface area contributed by atoms with E-state index in [1.54, 1.807) is 0 Å². The van der Waals surface area contributed by atoms with Crippen LogP contribution in [0.4, 0.5) is 0 Å². The Labute approximate surface area is 58.7 Å². The van der Waals surface area contributed by atoms with Crippen molar-refractivity contribution in [1.82, 2.24) is 10.9 Å². The van der Waals surface area contributed by atoms with E-state index >= 15 is 0 Å².